The van der Waals surface area contributed by atoms with E-state index in [1.807, 2.05) is 24.3 Å². The van der Waals surface area contributed by atoms with Crippen LogP contribution in [0.15, 0.2) is 54.7 Å². The highest BCUT2D eigenvalue weighted by molar-refractivity contribution is 5.96. The summed E-state index contributed by atoms with van der Waals surface area (Å²) in [4.78, 5) is 36.1. The molecule has 2 N–H and O–H groups in total. The number of aryl methyl sites for hydroxylation is 1. The van der Waals surface area contributed by atoms with Gasteiger partial charge in [0, 0.05) is 31.8 Å². The molecule has 1 fully saturated rings. The summed E-state index contributed by atoms with van der Waals surface area (Å²) in [6.45, 7) is 3.47. The number of hydrogen-bond donors (Lipinski definition) is 2. The van der Waals surface area contributed by atoms with E-state index in [9.17, 15) is 27.6 Å². The summed E-state index contributed by atoms with van der Waals surface area (Å²) in [5.41, 5.74) is 0.983. The average molecular weight is 571 g/mol. The topological polar surface area (TPSA) is 102 Å². The molecular formula is C30H33F3N4O4. The van der Waals surface area contributed by atoms with E-state index < -0.39 is 23.3 Å². The summed E-state index contributed by atoms with van der Waals surface area (Å²) < 4.78 is 47.0. The first kappa shape index (κ1) is 29.8. The molecule has 1 aliphatic carbocycles. The number of nitrogens with one attached hydrogen (secondary N) is 2. The Hall–Kier alpha value is -4.15. The van der Waals surface area contributed by atoms with E-state index in [0.29, 0.717) is 35.4 Å². The highest BCUT2D eigenvalue weighted by Crippen LogP contribution is 2.36. The van der Waals surface area contributed by atoms with E-state index >= 15 is 0 Å². The number of anilines is 1. The number of nitrogens with zero attached hydrogens (tertiary/aromatic N) is 2. The zero-order chi connectivity index (χ0) is 29.6. The largest absolute Gasteiger partial charge is 0.466 e. The van der Waals surface area contributed by atoms with Crippen LogP contribution in [-0.4, -0.2) is 40.7 Å². The fourth-order valence-corrected chi connectivity index (χ4v) is 5.04. The number of para-hydroxylation sites is 1. The van der Waals surface area contributed by atoms with Gasteiger partial charge in [0.05, 0.1) is 17.9 Å². The smallest absolute Gasteiger partial charge is 0.435 e. The second-order valence-corrected chi connectivity index (χ2v) is 10.3. The first-order valence-electron chi connectivity index (χ1n) is 13.6. The van der Waals surface area contributed by atoms with E-state index in [4.69, 9.17) is 4.74 Å². The molecule has 3 aromatic rings. The molecule has 2 aromatic carbocycles. The molecule has 0 atom stereocenters. The van der Waals surface area contributed by atoms with Crippen molar-refractivity contribution in [1.82, 2.24) is 15.1 Å². The molecule has 0 bridgehead atoms. The van der Waals surface area contributed by atoms with Gasteiger partial charge in [-0.2, -0.15) is 18.3 Å². The molecule has 1 saturated carbocycles. The van der Waals surface area contributed by atoms with Crippen LogP contribution in [0.25, 0.3) is 5.69 Å². The number of alkyl halides is 3. The lowest BCUT2D eigenvalue weighted by Crippen LogP contribution is -2.29. The van der Waals surface area contributed by atoms with Crippen LogP contribution in [-0.2, 0) is 20.5 Å². The quantitative estimate of drug-likeness (QED) is 0.317. The van der Waals surface area contributed by atoms with Crippen molar-refractivity contribution in [3.63, 3.8) is 0 Å². The van der Waals surface area contributed by atoms with Crippen LogP contribution in [0.4, 0.5) is 18.9 Å². The van der Waals surface area contributed by atoms with Gasteiger partial charge in [0.15, 0.2) is 5.69 Å². The van der Waals surface area contributed by atoms with Crippen LogP contribution >= 0.6 is 0 Å². The number of hydrogen-bond acceptors (Lipinski definition) is 5. The SMILES string of the molecule is CC(=O)OCC1CCC(c2ccc(NC(=O)CCNC(=O)c3cn(-c4ccccc4C)nc3C(F)(F)F)cc2)CC1. The lowest BCUT2D eigenvalue weighted by atomic mass is 9.79. The van der Waals surface area contributed by atoms with Gasteiger partial charge in [0.2, 0.25) is 5.91 Å². The van der Waals surface area contributed by atoms with Gasteiger partial charge in [-0.1, -0.05) is 30.3 Å². The molecule has 11 heteroatoms. The predicted octanol–water partition coefficient (Wildman–Crippen LogP) is 5.80. The van der Waals surface area contributed by atoms with Crippen molar-refractivity contribution in [2.24, 2.45) is 5.92 Å². The number of carbonyl (C=O) groups is 3. The summed E-state index contributed by atoms with van der Waals surface area (Å²) >= 11 is 0. The van der Waals surface area contributed by atoms with Crippen LogP contribution in [0.5, 0.6) is 0 Å². The highest BCUT2D eigenvalue weighted by Gasteiger charge is 2.39. The standard InChI is InChI=1S/C30H33F3N4O4/c1-19-5-3-4-6-26(19)37-17-25(28(36-37)30(31,32)33)29(40)34-16-15-27(39)35-24-13-11-23(12-14-24)22-9-7-21(8-10-22)18-41-20(2)38/h3-6,11-14,17,21-22H,7-10,15-16,18H2,1-2H3,(H,34,40)(H,35,39). The number of ether oxygens (including phenoxy) is 1. The van der Waals surface area contributed by atoms with Gasteiger partial charge < -0.3 is 15.4 Å². The van der Waals surface area contributed by atoms with E-state index in [1.165, 1.54) is 12.5 Å². The normalized spacial score (nSPS) is 17.1. The number of halogens is 3. The number of aromatic nitrogens is 2. The zero-order valence-electron chi connectivity index (χ0n) is 23.0. The van der Waals surface area contributed by atoms with Crippen LogP contribution in [0.2, 0.25) is 0 Å². The molecule has 1 aromatic heterocycles. The Morgan fingerprint density at radius 2 is 1.71 bits per heavy atom. The third-order valence-corrected chi connectivity index (χ3v) is 7.26. The molecule has 4 rings (SSSR count). The van der Waals surface area contributed by atoms with E-state index in [0.717, 1.165) is 36.6 Å². The maximum Gasteiger partial charge on any atom is 0.435 e. The van der Waals surface area contributed by atoms with E-state index in [2.05, 4.69) is 15.7 Å². The fourth-order valence-electron chi connectivity index (χ4n) is 5.04. The second-order valence-electron chi connectivity index (χ2n) is 10.3. The van der Waals surface area contributed by atoms with Crippen molar-refractivity contribution in [2.45, 2.75) is 58.0 Å². The van der Waals surface area contributed by atoms with Gasteiger partial charge in [-0.05, 0) is 73.8 Å². The Balaban J connectivity index is 1.27. The number of benzene rings is 2. The van der Waals surface area contributed by atoms with Crippen LogP contribution in [0.1, 0.15) is 72.1 Å². The molecule has 0 radical (unpaired) electrons. The van der Waals surface area contributed by atoms with Gasteiger partial charge in [-0.15, -0.1) is 0 Å². The fraction of sp³-hybridized carbons (Fsp3) is 0.400. The van der Waals surface area contributed by atoms with Crippen molar-refractivity contribution >= 4 is 23.5 Å². The molecule has 2 amide bonds. The van der Waals surface area contributed by atoms with Crippen molar-refractivity contribution in [1.29, 1.82) is 0 Å². The van der Waals surface area contributed by atoms with E-state index in [1.54, 1.807) is 31.2 Å². The Bertz CT molecular complexity index is 1380. The van der Waals surface area contributed by atoms with Crippen molar-refractivity contribution in [3.8, 4) is 5.69 Å². The van der Waals surface area contributed by atoms with Gasteiger partial charge in [-0.25, -0.2) is 4.68 Å². The summed E-state index contributed by atoms with van der Waals surface area (Å²) in [7, 11) is 0. The maximum absolute atomic E-state index is 13.6. The lowest BCUT2D eigenvalue weighted by molar-refractivity contribution is -0.143. The molecular weight excluding hydrogens is 537 g/mol. The molecule has 0 saturated heterocycles. The predicted molar refractivity (Wildman–Crippen MR) is 147 cm³/mol. The first-order valence-corrected chi connectivity index (χ1v) is 13.6. The number of rotatable bonds is 9. The summed E-state index contributed by atoms with van der Waals surface area (Å²) in [6, 6.07) is 14.3. The summed E-state index contributed by atoms with van der Waals surface area (Å²) in [6.07, 6.45) is 0.0715. The molecule has 0 aliphatic heterocycles. The summed E-state index contributed by atoms with van der Waals surface area (Å²) in [5, 5.41) is 8.78. The average Bonchev–Trinajstić information content (AvgIpc) is 3.39. The van der Waals surface area contributed by atoms with Crippen LogP contribution < -0.4 is 10.6 Å². The molecule has 8 nitrogen and oxygen atoms in total. The first-order chi connectivity index (χ1) is 19.5. The van der Waals surface area contributed by atoms with Gasteiger partial charge >= 0.3 is 12.1 Å². The van der Waals surface area contributed by atoms with Gasteiger partial charge in [-0.3, -0.25) is 14.4 Å². The zero-order valence-corrected chi connectivity index (χ0v) is 23.0. The minimum atomic E-state index is -4.83. The third kappa shape index (κ3) is 7.96. The number of amides is 2. The molecule has 0 spiro atoms. The molecule has 1 heterocycles. The number of esters is 1. The Labute approximate surface area is 236 Å². The Kier molecular flexibility index (Phi) is 9.46. The molecule has 218 valence electrons. The maximum atomic E-state index is 13.6. The van der Waals surface area contributed by atoms with Gasteiger partial charge in [0.1, 0.15) is 0 Å². The minimum absolute atomic E-state index is 0.118. The number of carbonyl (C=O) groups excluding carboxylic acids is 3. The monoisotopic (exact) mass is 570 g/mol. The van der Waals surface area contributed by atoms with Crippen molar-refractivity contribution in [2.75, 3.05) is 18.5 Å². The minimum Gasteiger partial charge on any atom is -0.466 e. The summed E-state index contributed by atoms with van der Waals surface area (Å²) in [5.74, 6) is -0.806. The van der Waals surface area contributed by atoms with Crippen LogP contribution in [0.3, 0.4) is 0 Å². The van der Waals surface area contributed by atoms with Crippen molar-refractivity contribution < 1.29 is 32.3 Å². The van der Waals surface area contributed by atoms with Crippen LogP contribution in [0, 0.1) is 12.8 Å². The molecule has 41 heavy (non-hydrogen) atoms. The lowest BCUT2D eigenvalue weighted by Gasteiger charge is -2.28. The Morgan fingerprint density at radius 1 is 1.02 bits per heavy atom. The van der Waals surface area contributed by atoms with E-state index in [-0.39, 0.29) is 24.8 Å². The third-order valence-electron chi connectivity index (χ3n) is 7.26. The molecule has 1 aliphatic rings. The van der Waals surface area contributed by atoms with Crippen molar-refractivity contribution in [3.05, 3.63) is 77.1 Å². The second kappa shape index (κ2) is 13.0. The Morgan fingerprint density at radius 3 is 2.34 bits per heavy atom. The van der Waals surface area contributed by atoms with Gasteiger partial charge in [0.25, 0.3) is 5.91 Å². The highest BCUT2D eigenvalue weighted by atomic mass is 19.4. The molecule has 0 unspecified atom stereocenters.